The Balaban J connectivity index is 1.52. The number of nitriles is 1. The number of carbonyl (C=O) groups excluding carboxylic acids is 1. The van der Waals surface area contributed by atoms with Crippen molar-refractivity contribution < 1.29 is 4.79 Å². The summed E-state index contributed by atoms with van der Waals surface area (Å²) in [6.45, 7) is 2.00. The Morgan fingerprint density at radius 1 is 0.941 bits per heavy atom. The quantitative estimate of drug-likeness (QED) is 0.281. The Hall–Kier alpha value is -3.53. The highest BCUT2D eigenvalue weighted by Crippen LogP contribution is 2.48. The largest absolute Gasteiger partial charge is 0.278 e. The molecule has 0 N–H and O–H groups in total. The lowest BCUT2D eigenvalue weighted by molar-refractivity contribution is -0.117. The fraction of sp³-hybridized carbons (Fsp3) is 0.107. The van der Waals surface area contributed by atoms with Gasteiger partial charge in [0, 0.05) is 15.4 Å². The Bertz CT molecular complexity index is 1350. The highest BCUT2D eigenvalue weighted by molar-refractivity contribution is 8.00. The van der Waals surface area contributed by atoms with Gasteiger partial charge in [-0.2, -0.15) is 5.26 Å². The summed E-state index contributed by atoms with van der Waals surface area (Å²) in [5.74, 6) is -0.0106. The van der Waals surface area contributed by atoms with Gasteiger partial charge in [-0.05, 0) is 42.8 Å². The number of anilines is 2. The Kier molecular flexibility index (Phi) is 6.39. The number of pyridine rings is 1. The van der Waals surface area contributed by atoms with Crippen LogP contribution in [0.4, 0.5) is 11.4 Å². The molecule has 3 aromatic carbocycles. The normalized spacial score (nSPS) is 12.9. The van der Waals surface area contributed by atoms with Crippen LogP contribution in [0.15, 0.2) is 106 Å². The molecule has 4 nitrogen and oxygen atoms in total. The minimum absolute atomic E-state index is 0.0106. The summed E-state index contributed by atoms with van der Waals surface area (Å²) in [5, 5.41) is 9.90. The van der Waals surface area contributed by atoms with Gasteiger partial charge >= 0.3 is 0 Å². The zero-order chi connectivity index (χ0) is 23.5. The zero-order valence-corrected chi connectivity index (χ0v) is 20.1. The molecule has 0 fully saturated rings. The summed E-state index contributed by atoms with van der Waals surface area (Å²) >= 11 is 3.04. The number of nitrogens with zero attached hydrogens (tertiary/aromatic N) is 3. The van der Waals surface area contributed by atoms with Gasteiger partial charge in [-0.1, -0.05) is 85.0 Å². The van der Waals surface area contributed by atoms with Crippen molar-refractivity contribution in [1.29, 1.82) is 5.26 Å². The second-order valence-electron chi connectivity index (χ2n) is 7.75. The molecule has 4 aromatic rings. The number of benzene rings is 3. The fourth-order valence-corrected chi connectivity index (χ4v) is 6.01. The maximum Gasteiger partial charge on any atom is 0.245 e. The number of carbonyl (C=O) groups is 1. The second kappa shape index (κ2) is 9.76. The molecule has 6 heteroatoms. The highest BCUT2D eigenvalue weighted by Gasteiger charge is 2.33. The Morgan fingerprint density at radius 3 is 2.18 bits per heavy atom. The number of rotatable bonds is 5. The lowest BCUT2D eigenvalue weighted by Gasteiger charge is -2.33. The topological polar surface area (TPSA) is 57.0 Å². The van der Waals surface area contributed by atoms with E-state index in [1.807, 2.05) is 96.8 Å². The lowest BCUT2D eigenvalue weighted by atomic mass is 10.1. The van der Waals surface area contributed by atoms with Gasteiger partial charge in [0.05, 0.1) is 27.9 Å². The van der Waals surface area contributed by atoms with Crippen LogP contribution >= 0.6 is 23.5 Å². The van der Waals surface area contributed by atoms with Crippen LogP contribution in [-0.2, 0) is 4.79 Å². The molecule has 1 aromatic heterocycles. The fourth-order valence-electron chi connectivity index (χ4n) is 3.91. The van der Waals surface area contributed by atoms with Gasteiger partial charge in [-0.15, -0.1) is 0 Å². The van der Waals surface area contributed by atoms with Crippen LogP contribution in [0.1, 0.15) is 18.9 Å². The maximum atomic E-state index is 14.0. The van der Waals surface area contributed by atoms with E-state index in [2.05, 4.69) is 6.07 Å². The Labute approximate surface area is 207 Å². The predicted octanol–water partition coefficient (Wildman–Crippen LogP) is 7.32. The maximum absolute atomic E-state index is 14.0. The highest BCUT2D eigenvalue weighted by atomic mass is 32.2. The third-order valence-electron chi connectivity index (χ3n) is 5.60. The van der Waals surface area contributed by atoms with Crippen LogP contribution in [-0.4, -0.2) is 16.1 Å². The van der Waals surface area contributed by atoms with Crippen LogP contribution < -0.4 is 4.90 Å². The van der Waals surface area contributed by atoms with E-state index in [1.54, 1.807) is 17.8 Å². The summed E-state index contributed by atoms with van der Waals surface area (Å²) in [7, 11) is 0. The van der Waals surface area contributed by atoms with Gasteiger partial charge in [0.15, 0.2) is 0 Å². The van der Waals surface area contributed by atoms with E-state index in [1.165, 1.54) is 11.8 Å². The Morgan fingerprint density at radius 2 is 1.56 bits per heavy atom. The first kappa shape index (κ1) is 22.3. The number of hydrogen-bond donors (Lipinski definition) is 0. The number of fused-ring (bicyclic) bond motifs is 2. The molecule has 2 heterocycles. The van der Waals surface area contributed by atoms with Gasteiger partial charge in [-0.3, -0.25) is 9.69 Å². The first-order chi connectivity index (χ1) is 16.7. The van der Waals surface area contributed by atoms with E-state index in [9.17, 15) is 10.1 Å². The minimum Gasteiger partial charge on any atom is -0.278 e. The first-order valence-corrected chi connectivity index (χ1v) is 12.7. The minimum atomic E-state index is -0.394. The van der Waals surface area contributed by atoms with E-state index in [0.29, 0.717) is 17.0 Å². The first-order valence-electron chi connectivity index (χ1n) is 11.0. The molecule has 5 rings (SSSR count). The molecule has 0 spiro atoms. The molecule has 1 aliphatic heterocycles. The van der Waals surface area contributed by atoms with Gasteiger partial charge < -0.3 is 0 Å². The van der Waals surface area contributed by atoms with Gasteiger partial charge in [0.1, 0.15) is 11.1 Å². The standard InChI is InChI=1S/C28H21N3OS2/c1-2-24(34-27-20(18-29)16-17-21(30-27)19-10-4-3-5-11-19)28(32)31-22-12-6-8-14-25(22)33-26-15-9-7-13-23(26)31/h3-17,24H,2H2,1H3. The SMILES string of the molecule is CCC(Sc1nc(-c2ccccc2)ccc1C#N)C(=O)N1c2ccccc2Sc2ccccc21. The molecular weight excluding hydrogens is 458 g/mol. The molecule has 34 heavy (non-hydrogen) atoms. The average molecular weight is 480 g/mol. The molecule has 0 bridgehead atoms. The van der Waals surface area contributed by atoms with Crippen molar-refractivity contribution in [2.45, 2.75) is 33.4 Å². The summed E-state index contributed by atoms with van der Waals surface area (Å²) in [6.07, 6.45) is 0.611. The van der Waals surface area contributed by atoms with E-state index in [0.717, 1.165) is 32.4 Å². The molecule has 1 amide bonds. The molecule has 0 aliphatic carbocycles. The third kappa shape index (κ3) is 4.21. The number of aromatic nitrogens is 1. The number of para-hydroxylation sites is 2. The summed E-state index contributed by atoms with van der Waals surface area (Å²) < 4.78 is 0. The van der Waals surface area contributed by atoms with Crippen LogP contribution in [0.3, 0.4) is 0 Å². The summed E-state index contributed by atoms with van der Waals surface area (Å²) in [6, 6.07) is 31.7. The number of hydrogen-bond acceptors (Lipinski definition) is 5. The molecule has 0 radical (unpaired) electrons. The predicted molar refractivity (Wildman–Crippen MR) is 138 cm³/mol. The van der Waals surface area contributed by atoms with Crippen molar-refractivity contribution in [2.75, 3.05) is 4.90 Å². The lowest BCUT2D eigenvalue weighted by Crippen LogP contribution is -2.35. The van der Waals surface area contributed by atoms with Gasteiger partial charge in [0.25, 0.3) is 0 Å². The van der Waals surface area contributed by atoms with Crippen molar-refractivity contribution in [1.82, 2.24) is 4.98 Å². The van der Waals surface area contributed by atoms with Crippen molar-refractivity contribution in [2.24, 2.45) is 0 Å². The third-order valence-corrected chi connectivity index (χ3v) is 8.09. The van der Waals surface area contributed by atoms with Crippen molar-refractivity contribution in [3.05, 3.63) is 96.6 Å². The number of thioether (sulfide) groups is 1. The van der Waals surface area contributed by atoms with Gasteiger partial charge in [-0.25, -0.2) is 4.98 Å². The van der Waals surface area contributed by atoms with Crippen LogP contribution in [0.25, 0.3) is 11.3 Å². The second-order valence-corrected chi connectivity index (χ2v) is 10.0. The smallest absolute Gasteiger partial charge is 0.245 e. The summed E-state index contributed by atoms with van der Waals surface area (Å²) in [5.41, 5.74) is 4.02. The molecule has 0 saturated heterocycles. The van der Waals surface area contributed by atoms with E-state index in [-0.39, 0.29) is 5.91 Å². The molecule has 166 valence electrons. The van der Waals surface area contributed by atoms with E-state index in [4.69, 9.17) is 4.98 Å². The van der Waals surface area contributed by atoms with Crippen molar-refractivity contribution >= 4 is 40.8 Å². The van der Waals surface area contributed by atoms with Crippen molar-refractivity contribution in [3.63, 3.8) is 0 Å². The molecule has 0 saturated carbocycles. The van der Waals surface area contributed by atoms with Crippen LogP contribution in [0.5, 0.6) is 0 Å². The van der Waals surface area contributed by atoms with Crippen LogP contribution in [0, 0.1) is 11.3 Å². The molecule has 1 atom stereocenters. The van der Waals surface area contributed by atoms with E-state index >= 15 is 0 Å². The molecule has 1 unspecified atom stereocenters. The van der Waals surface area contributed by atoms with Crippen LogP contribution in [0.2, 0.25) is 0 Å². The average Bonchev–Trinajstić information content (AvgIpc) is 2.90. The van der Waals surface area contributed by atoms with Crippen molar-refractivity contribution in [3.8, 4) is 17.3 Å². The monoisotopic (exact) mass is 479 g/mol. The molecular formula is C28H21N3OS2. The zero-order valence-electron chi connectivity index (χ0n) is 18.5. The van der Waals surface area contributed by atoms with E-state index < -0.39 is 5.25 Å². The summed E-state index contributed by atoms with van der Waals surface area (Å²) in [4.78, 5) is 22.7. The van der Waals surface area contributed by atoms with Gasteiger partial charge in [0.2, 0.25) is 5.91 Å². The molecule has 1 aliphatic rings. The number of amides is 1.